The van der Waals surface area contributed by atoms with Crippen LogP contribution in [0.1, 0.15) is 6.42 Å². The van der Waals surface area contributed by atoms with Crippen LogP contribution in [0, 0.1) is 0 Å². The van der Waals surface area contributed by atoms with Crippen molar-refractivity contribution in [3.63, 3.8) is 0 Å². The van der Waals surface area contributed by atoms with Crippen LogP contribution >= 0.6 is 0 Å². The van der Waals surface area contributed by atoms with Gasteiger partial charge in [-0.15, -0.1) is 0 Å². The molecular formula is C22H25N5O. The average molecular weight is 375 g/mol. The SMILES string of the molecule is c1ccc(-c2cc(NCCCN3CCOCC3)nc(-c3ccccn3)n2)cc1. The van der Waals surface area contributed by atoms with Gasteiger partial charge in [-0.2, -0.15) is 0 Å². The maximum atomic E-state index is 5.41. The monoisotopic (exact) mass is 375 g/mol. The molecule has 6 nitrogen and oxygen atoms in total. The van der Waals surface area contributed by atoms with Crippen LogP contribution in [0.3, 0.4) is 0 Å². The van der Waals surface area contributed by atoms with Crippen LogP contribution in [-0.2, 0) is 4.74 Å². The molecule has 0 aliphatic carbocycles. The molecule has 4 rings (SSSR count). The Bertz CT molecular complexity index is 809. The molecule has 0 unspecified atom stereocenters. The van der Waals surface area contributed by atoms with Gasteiger partial charge in [0.15, 0.2) is 5.82 Å². The summed E-state index contributed by atoms with van der Waals surface area (Å²) in [5.74, 6) is 1.47. The summed E-state index contributed by atoms with van der Waals surface area (Å²) in [5, 5.41) is 3.47. The number of morpholine rings is 1. The number of aromatic nitrogens is 3. The molecule has 1 fully saturated rings. The molecule has 144 valence electrons. The van der Waals surface area contributed by atoms with Crippen LogP contribution in [0.2, 0.25) is 0 Å². The second-order valence-corrected chi connectivity index (χ2v) is 6.78. The predicted molar refractivity (Wildman–Crippen MR) is 111 cm³/mol. The minimum Gasteiger partial charge on any atom is -0.379 e. The van der Waals surface area contributed by atoms with Crippen molar-refractivity contribution in [3.8, 4) is 22.8 Å². The molecule has 1 aromatic carbocycles. The average Bonchev–Trinajstić information content (AvgIpc) is 2.78. The van der Waals surface area contributed by atoms with E-state index < -0.39 is 0 Å². The highest BCUT2D eigenvalue weighted by molar-refractivity contribution is 5.66. The molecule has 1 N–H and O–H groups in total. The highest BCUT2D eigenvalue weighted by Crippen LogP contribution is 2.23. The third-order valence-corrected chi connectivity index (χ3v) is 4.75. The molecule has 0 atom stereocenters. The van der Waals surface area contributed by atoms with E-state index in [0.29, 0.717) is 5.82 Å². The summed E-state index contributed by atoms with van der Waals surface area (Å²) in [6, 6.07) is 18.0. The third-order valence-electron chi connectivity index (χ3n) is 4.75. The molecule has 0 radical (unpaired) electrons. The lowest BCUT2D eigenvalue weighted by molar-refractivity contribution is 0.0378. The fraction of sp³-hybridized carbons (Fsp3) is 0.318. The van der Waals surface area contributed by atoms with E-state index in [0.717, 1.165) is 68.6 Å². The summed E-state index contributed by atoms with van der Waals surface area (Å²) in [6.45, 7) is 5.66. The van der Waals surface area contributed by atoms with Gasteiger partial charge in [-0.3, -0.25) is 9.88 Å². The van der Waals surface area contributed by atoms with Gasteiger partial charge >= 0.3 is 0 Å². The summed E-state index contributed by atoms with van der Waals surface area (Å²) in [4.78, 5) is 16.3. The van der Waals surface area contributed by atoms with Crippen molar-refractivity contribution in [2.24, 2.45) is 0 Å². The smallest absolute Gasteiger partial charge is 0.180 e. The van der Waals surface area contributed by atoms with Gasteiger partial charge in [0.2, 0.25) is 0 Å². The molecule has 0 amide bonds. The van der Waals surface area contributed by atoms with Crippen molar-refractivity contribution in [2.45, 2.75) is 6.42 Å². The van der Waals surface area contributed by atoms with Crippen LogP contribution in [0.5, 0.6) is 0 Å². The first kappa shape index (κ1) is 18.5. The van der Waals surface area contributed by atoms with E-state index in [1.807, 2.05) is 42.5 Å². The van der Waals surface area contributed by atoms with Crippen molar-refractivity contribution in [1.82, 2.24) is 19.9 Å². The summed E-state index contributed by atoms with van der Waals surface area (Å²) in [6.07, 6.45) is 2.83. The largest absolute Gasteiger partial charge is 0.379 e. The van der Waals surface area contributed by atoms with E-state index in [4.69, 9.17) is 14.7 Å². The molecular weight excluding hydrogens is 350 g/mol. The van der Waals surface area contributed by atoms with Crippen molar-refractivity contribution in [1.29, 1.82) is 0 Å². The Balaban J connectivity index is 1.49. The van der Waals surface area contributed by atoms with E-state index in [9.17, 15) is 0 Å². The highest BCUT2D eigenvalue weighted by atomic mass is 16.5. The standard InChI is InChI=1S/C22H25N5O/c1-2-7-18(8-3-1)20-17-21(24-11-6-12-27-13-15-28-16-14-27)26-22(25-20)19-9-4-5-10-23-19/h1-5,7-10,17H,6,11-16H2,(H,24,25,26). The van der Waals surface area contributed by atoms with Crippen molar-refractivity contribution in [3.05, 3.63) is 60.8 Å². The Labute approximate surface area is 165 Å². The number of nitrogens with one attached hydrogen (secondary N) is 1. The molecule has 3 heterocycles. The molecule has 2 aromatic heterocycles. The predicted octanol–water partition coefficient (Wildman–Crippen LogP) is 3.34. The number of nitrogens with zero attached hydrogens (tertiary/aromatic N) is 4. The van der Waals surface area contributed by atoms with E-state index in [2.05, 4.69) is 27.3 Å². The fourth-order valence-corrected chi connectivity index (χ4v) is 3.25. The highest BCUT2D eigenvalue weighted by Gasteiger charge is 2.11. The Morgan fingerprint density at radius 1 is 0.929 bits per heavy atom. The number of anilines is 1. The number of hydrogen-bond acceptors (Lipinski definition) is 6. The molecule has 1 aliphatic heterocycles. The maximum absolute atomic E-state index is 5.41. The zero-order valence-electron chi connectivity index (χ0n) is 15.9. The Kier molecular flexibility index (Phi) is 6.22. The number of pyridine rings is 1. The molecule has 0 spiro atoms. The first-order chi connectivity index (χ1) is 13.9. The third kappa shape index (κ3) is 4.91. The van der Waals surface area contributed by atoms with Gasteiger partial charge in [-0.25, -0.2) is 9.97 Å². The second-order valence-electron chi connectivity index (χ2n) is 6.78. The van der Waals surface area contributed by atoms with Gasteiger partial charge in [0.05, 0.1) is 18.9 Å². The van der Waals surface area contributed by atoms with E-state index in [-0.39, 0.29) is 0 Å². The fourth-order valence-electron chi connectivity index (χ4n) is 3.25. The quantitative estimate of drug-likeness (QED) is 0.639. The summed E-state index contributed by atoms with van der Waals surface area (Å²) < 4.78 is 5.41. The van der Waals surface area contributed by atoms with Crippen molar-refractivity contribution < 1.29 is 4.74 Å². The molecule has 6 heteroatoms. The van der Waals surface area contributed by atoms with Crippen LogP contribution in [-0.4, -0.2) is 59.2 Å². The number of benzene rings is 1. The minimum absolute atomic E-state index is 0.637. The maximum Gasteiger partial charge on any atom is 0.180 e. The Morgan fingerprint density at radius 3 is 2.54 bits per heavy atom. The van der Waals surface area contributed by atoms with Crippen LogP contribution in [0.15, 0.2) is 60.8 Å². The summed E-state index contributed by atoms with van der Waals surface area (Å²) >= 11 is 0. The molecule has 0 bridgehead atoms. The molecule has 0 saturated carbocycles. The Hall–Kier alpha value is -2.83. The lowest BCUT2D eigenvalue weighted by Crippen LogP contribution is -2.37. The van der Waals surface area contributed by atoms with E-state index >= 15 is 0 Å². The van der Waals surface area contributed by atoms with Crippen LogP contribution in [0.4, 0.5) is 5.82 Å². The Morgan fingerprint density at radius 2 is 1.75 bits per heavy atom. The molecule has 1 saturated heterocycles. The molecule has 3 aromatic rings. The van der Waals surface area contributed by atoms with Crippen molar-refractivity contribution in [2.75, 3.05) is 44.7 Å². The molecule has 1 aliphatic rings. The van der Waals surface area contributed by atoms with E-state index in [1.165, 1.54) is 0 Å². The number of ether oxygens (including phenoxy) is 1. The molecule has 28 heavy (non-hydrogen) atoms. The first-order valence-electron chi connectivity index (χ1n) is 9.78. The van der Waals surface area contributed by atoms with Crippen molar-refractivity contribution >= 4 is 5.82 Å². The number of rotatable bonds is 7. The van der Waals surface area contributed by atoms with Gasteiger partial charge in [-0.1, -0.05) is 36.4 Å². The lowest BCUT2D eigenvalue weighted by atomic mass is 10.1. The lowest BCUT2D eigenvalue weighted by Gasteiger charge is -2.26. The zero-order valence-corrected chi connectivity index (χ0v) is 15.9. The topological polar surface area (TPSA) is 63.2 Å². The van der Waals surface area contributed by atoms with Gasteiger partial charge in [0.25, 0.3) is 0 Å². The second kappa shape index (κ2) is 9.39. The van der Waals surface area contributed by atoms with Gasteiger partial charge in [0.1, 0.15) is 11.5 Å². The van der Waals surface area contributed by atoms with Gasteiger partial charge < -0.3 is 10.1 Å². The first-order valence-corrected chi connectivity index (χ1v) is 9.78. The van der Waals surface area contributed by atoms with Gasteiger partial charge in [0, 0.05) is 37.5 Å². The van der Waals surface area contributed by atoms with Crippen LogP contribution in [0.25, 0.3) is 22.8 Å². The minimum atomic E-state index is 0.637. The normalized spacial score (nSPS) is 14.7. The number of hydrogen-bond donors (Lipinski definition) is 1. The van der Waals surface area contributed by atoms with Gasteiger partial charge in [-0.05, 0) is 25.1 Å². The van der Waals surface area contributed by atoms with Crippen LogP contribution < -0.4 is 5.32 Å². The zero-order chi connectivity index (χ0) is 19.0. The van der Waals surface area contributed by atoms with E-state index in [1.54, 1.807) is 6.20 Å². The summed E-state index contributed by atoms with van der Waals surface area (Å²) in [7, 11) is 0. The summed E-state index contributed by atoms with van der Waals surface area (Å²) in [5.41, 5.74) is 2.74.